The molecule has 1 aromatic heterocycles. The van der Waals surface area contributed by atoms with E-state index in [1.165, 1.54) is 11.1 Å². The molecule has 0 saturated carbocycles. The lowest BCUT2D eigenvalue weighted by atomic mass is 10.1. The average Bonchev–Trinajstić information content (AvgIpc) is 2.95. The first kappa shape index (κ1) is 16.4. The van der Waals surface area contributed by atoms with E-state index in [0.29, 0.717) is 5.56 Å². The second kappa shape index (κ2) is 6.34. The molecule has 3 heteroatoms. The summed E-state index contributed by atoms with van der Waals surface area (Å²) in [5.41, 5.74) is 12.1. The fraction of sp³-hybridized carbons (Fsp3) is 0.174. The number of rotatable bonds is 4. The van der Waals surface area contributed by atoms with Gasteiger partial charge in [-0.25, -0.2) is 0 Å². The predicted octanol–water partition coefficient (Wildman–Crippen LogP) is 4.61. The molecule has 26 heavy (non-hydrogen) atoms. The van der Waals surface area contributed by atoms with Crippen molar-refractivity contribution >= 4 is 27.7 Å². The van der Waals surface area contributed by atoms with Crippen molar-refractivity contribution in [3.05, 3.63) is 82.9 Å². The molecule has 4 rings (SSSR count). The van der Waals surface area contributed by atoms with Crippen LogP contribution in [0.25, 0.3) is 21.8 Å². The number of aromatic nitrogens is 1. The number of amides is 1. The molecule has 0 fully saturated rings. The van der Waals surface area contributed by atoms with Gasteiger partial charge in [-0.05, 0) is 54.3 Å². The van der Waals surface area contributed by atoms with E-state index < -0.39 is 5.91 Å². The summed E-state index contributed by atoms with van der Waals surface area (Å²) in [5, 5.41) is 1.85. The summed E-state index contributed by atoms with van der Waals surface area (Å²) < 4.78 is 2.27. The summed E-state index contributed by atoms with van der Waals surface area (Å²) in [6.45, 7) is 4.99. The Morgan fingerprint density at radius 3 is 2.58 bits per heavy atom. The van der Waals surface area contributed by atoms with Gasteiger partial charge in [0.05, 0.1) is 11.0 Å². The van der Waals surface area contributed by atoms with Gasteiger partial charge in [-0.1, -0.05) is 43.3 Å². The second-order valence-corrected chi connectivity index (χ2v) is 6.71. The number of fused-ring (bicyclic) bond motifs is 3. The van der Waals surface area contributed by atoms with Crippen LogP contribution in [0.2, 0.25) is 0 Å². The molecule has 0 aliphatic carbocycles. The fourth-order valence-electron chi connectivity index (χ4n) is 3.76. The van der Waals surface area contributed by atoms with Gasteiger partial charge < -0.3 is 10.3 Å². The van der Waals surface area contributed by atoms with Gasteiger partial charge in [0.2, 0.25) is 5.91 Å². The highest BCUT2D eigenvalue weighted by Gasteiger charge is 2.17. The molecule has 0 aliphatic heterocycles. The predicted molar refractivity (Wildman–Crippen MR) is 106 cm³/mol. The van der Waals surface area contributed by atoms with Crippen LogP contribution in [0.3, 0.4) is 0 Å². The minimum atomic E-state index is -0.405. The van der Waals surface area contributed by atoms with Crippen molar-refractivity contribution in [3.63, 3.8) is 0 Å². The Morgan fingerprint density at radius 1 is 1.08 bits per heavy atom. The van der Waals surface area contributed by atoms with Crippen molar-refractivity contribution in [3.8, 4) is 0 Å². The van der Waals surface area contributed by atoms with Crippen molar-refractivity contribution in [1.82, 2.24) is 4.57 Å². The molecule has 0 atom stereocenters. The normalized spacial score (nSPS) is 11.3. The molecule has 1 amide bonds. The lowest BCUT2D eigenvalue weighted by Gasteiger charge is -2.12. The van der Waals surface area contributed by atoms with Gasteiger partial charge in [0.1, 0.15) is 0 Å². The van der Waals surface area contributed by atoms with Crippen molar-refractivity contribution in [2.75, 3.05) is 0 Å². The molecule has 1 heterocycles. The third-order valence-corrected chi connectivity index (χ3v) is 5.03. The molecule has 4 aromatic rings. The second-order valence-electron chi connectivity index (χ2n) is 6.71. The summed E-state index contributed by atoms with van der Waals surface area (Å²) in [6.07, 6.45) is 0.991. The first-order chi connectivity index (χ1) is 12.6. The summed E-state index contributed by atoms with van der Waals surface area (Å²) in [6, 6.07) is 21.7. The van der Waals surface area contributed by atoms with Crippen LogP contribution in [0.5, 0.6) is 0 Å². The fourth-order valence-corrected chi connectivity index (χ4v) is 3.76. The zero-order valence-electron chi connectivity index (χ0n) is 15.0. The highest BCUT2D eigenvalue weighted by molar-refractivity contribution is 6.17. The highest BCUT2D eigenvalue weighted by atomic mass is 16.1. The number of aryl methyl sites for hydroxylation is 2. The van der Waals surface area contributed by atoms with Crippen LogP contribution in [-0.4, -0.2) is 10.5 Å². The molecule has 0 aliphatic rings. The molecule has 3 nitrogen and oxygen atoms in total. The van der Waals surface area contributed by atoms with Crippen LogP contribution < -0.4 is 5.73 Å². The van der Waals surface area contributed by atoms with Crippen LogP contribution in [-0.2, 0) is 13.0 Å². The molecule has 0 bridgehead atoms. The number of carbonyl (C=O) groups is 1. The summed E-state index contributed by atoms with van der Waals surface area (Å²) in [7, 11) is 0. The zero-order valence-corrected chi connectivity index (χ0v) is 15.0. The Bertz CT molecular complexity index is 1140. The van der Waals surface area contributed by atoms with E-state index in [-0.39, 0.29) is 0 Å². The number of nitrogens with two attached hydrogens (primary N) is 1. The number of carbonyl (C=O) groups excluding carboxylic acids is 1. The van der Waals surface area contributed by atoms with Gasteiger partial charge in [0, 0.05) is 22.9 Å². The monoisotopic (exact) mass is 341 g/mol. The Kier molecular flexibility index (Phi) is 4.00. The van der Waals surface area contributed by atoms with E-state index in [1.54, 1.807) is 6.07 Å². The zero-order chi connectivity index (χ0) is 18.3. The van der Waals surface area contributed by atoms with E-state index >= 15 is 0 Å². The minimum absolute atomic E-state index is 0.405. The topological polar surface area (TPSA) is 48.0 Å². The lowest BCUT2D eigenvalue weighted by Crippen LogP contribution is -2.11. The third-order valence-electron chi connectivity index (χ3n) is 5.03. The smallest absolute Gasteiger partial charge is 0.249 e. The van der Waals surface area contributed by atoms with Crippen LogP contribution in [0, 0.1) is 13.0 Å². The Labute approximate surface area is 153 Å². The van der Waals surface area contributed by atoms with Gasteiger partial charge in [0.25, 0.3) is 0 Å². The molecule has 0 saturated heterocycles. The molecule has 1 radical (unpaired) electrons. The van der Waals surface area contributed by atoms with Crippen LogP contribution in [0.15, 0.2) is 54.6 Å². The van der Waals surface area contributed by atoms with Crippen molar-refractivity contribution in [2.24, 2.45) is 5.73 Å². The van der Waals surface area contributed by atoms with Gasteiger partial charge in [-0.3, -0.25) is 4.79 Å². The Morgan fingerprint density at radius 2 is 1.85 bits per heavy atom. The standard InChI is InChI=1S/C23H21N2O/c1-3-16-7-4-5-8-17(16)14-25-20-10-6-9-19(23(24)26)22(20)18-12-11-15(2)13-21(18)25/h4-11,13H,3,14H2,1-2H3,(H2,24,26). The number of hydrogen-bond donors (Lipinski definition) is 1. The van der Waals surface area contributed by atoms with Gasteiger partial charge in [0.15, 0.2) is 0 Å². The highest BCUT2D eigenvalue weighted by Crippen LogP contribution is 2.33. The van der Waals surface area contributed by atoms with E-state index in [2.05, 4.69) is 60.9 Å². The van der Waals surface area contributed by atoms with Gasteiger partial charge in [-0.15, -0.1) is 0 Å². The quantitative estimate of drug-likeness (QED) is 0.579. The molecule has 0 unspecified atom stereocenters. The van der Waals surface area contributed by atoms with E-state index in [9.17, 15) is 4.79 Å². The maximum absolute atomic E-state index is 12.0. The van der Waals surface area contributed by atoms with Crippen molar-refractivity contribution in [1.29, 1.82) is 0 Å². The molecular formula is C23H21N2O. The molecule has 3 aromatic carbocycles. The average molecular weight is 341 g/mol. The summed E-state index contributed by atoms with van der Waals surface area (Å²) in [5.74, 6) is -0.405. The maximum atomic E-state index is 12.0. The number of benzene rings is 3. The summed E-state index contributed by atoms with van der Waals surface area (Å²) in [4.78, 5) is 12.0. The van der Waals surface area contributed by atoms with Gasteiger partial charge >= 0.3 is 0 Å². The number of primary amides is 1. The van der Waals surface area contributed by atoms with Crippen LogP contribution >= 0.6 is 0 Å². The minimum Gasteiger partial charge on any atom is -0.366 e. The molecular weight excluding hydrogens is 320 g/mol. The summed E-state index contributed by atoms with van der Waals surface area (Å²) >= 11 is 0. The lowest BCUT2D eigenvalue weighted by molar-refractivity contribution is 0.100. The first-order valence-electron chi connectivity index (χ1n) is 8.90. The van der Waals surface area contributed by atoms with Crippen molar-refractivity contribution in [2.45, 2.75) is 26.8 Å². The molecule has 129 valence electrons. The van der Waals surface area contributed by atoms with Crippen LogP contribution in [0.4, 0.5) is 0 Å². The van der Waals surface area contributed by atoms with E-state index in [0.717, 1.165) is 40.3 Å². The maximum Gasteiger partial charge on any atom is 0.249 e. The van der Waals surface area contributed by atoms with Gasteiger partial charge in [-0.2, -0.15) is 0 Å². The Hall–Kier alpha value is -3.07. The first-order valence-corrected chi connectivity index (χ1v) is 8.90. The van der Waals surface area contributed by atoms with E-state index in [1.807, 2.05) is 12.1 Å². The van der Waals surface area contributed by atoms with Crippen molar-refractivity contribution < 1.29 is 4.79 Å². The third kappa shape index (κ3) is 2.57. The van der Waals surface area contributed by atoms with Crippen LogP contribution in [0.1, 0.15) is 34.0 Å². The number of hydrogen-bond acceptors (Lipinski definition) is 1. The molecule has 0 spiro atoms. The molecule has 2 N–H and O–H groups in total. The van der Waals surface area contributed by atoms with E-state index in [4.69, 9.17) is 5.73 Å². The SMILES string of the molecule is CCc1ccccc1Cn1c2cc(C)c[c]c2c2c(C(N)=O)cccc21. The Balaban J connectivity index is 2.05. The largest absolute Gasteiger partial charge is 0.366 e. The number of nitrogens with zero attached hydrogens (tertiary/aromatic N) is 1.